The Morgan fingerprint density at radius 2 is 2.00 bits per heavy atom. The summed E-state index contributed by atoms with van der Waals surface area (Å²) in [6.45, 7) is 1.22. The van der Waals surface area contributed by atoms with Crippen LogP contribution in [0.2, 0.25) is 0 Å². The van der Waals surface area contributed by atoms with Crippen LogP contribution < -0.4 is 5.32 Å². The second kappa shape index (κ2) is 3.97. The van der Waals surface area contributed by atoms with Crippen molar-refractivity contribution in [1.82, 2.24) is 5.32 Å². The van der Waals surface area contributed by atoms with Crippen LogP contribution in [0.3, 0.4) is 0 Å². The van der Waals surface area contributed by atoms with Crippen molar-refractivity contribution in [3.63, 3.8) is 0 Å². The highest BCUT2D eigenvalue weighted by Gasteiger charge is 2.21. The van der Waals surface area contributed by atoms with E-state index in [1.807, 2.05) is 0 Å². The lowest BCUT2D eigenvalue weighted by Gasteiger charge is -2.28. The maximum atomic E-state index is 3.40. The molecule has 1 nitrogen and oxygen atoms in total. The van der Waals surface area contributed by atoms with Gasteiger partial charge < -0.3 is 5.32 Å². The van der Waals surface area contributed by atoms with Gasteiger partial charge in [0.05, 0.1) is 0 Å². The summed E-state index contributed by atoms with van der Waals surface area (Å²) in [6.07, 6.45) is 13.0. The first-order valence-corrected chi connectivity index (χ1v) is 5.33. The van der Waals surface area contributed by atoms with Gasteiger partial charge in [-0.2, -0.15) is 0 Å². The number of hydrogen-bond donors (Lipinski definition) is 1. The van der Waals surface area contributed by atoms with Gasteiger partial charge >= 0.3 is 0 Å². The Morgan fingerprint density at radius 3 is 3.00 bits per heavy atom. The van der Waals surface area contributed by atoms with Crippen molar-refractivity contribution in [3.05, 3.63) is 12.3 Å². The quantitative estimate of drug-likeness (QED) is 0.582. The second-order valence-corrected chi connectivity index (χ2v) is 4.29. The van der Waals surface area contributed by atoms with Gasteiger partial charge in [0.25, 0.3) is 0 Å². The number of nitrogens with one attached hydrogen (secondary N) is 1. The standard InChI is InChI=1S/C11H19N/c1-2-7-12-9-11-6-3-5-10(4-1)8-11/h2,7,10-12H,1,3-6,8-9H2. The maximum Gasteiger partial charge on any atom is 0.0169 e. The molecule has 0 spiro atoms. The molecule has 1 heterocycles. The first-order valence-electron chi connectivity index (χ1n) is 5.33. The monoisotopic (exact) mass is 165 g/mol. The largest absolute Gasteiger partial charge is 0.391 e. The smallest absolute Gasteiger partial charge is 0.0169 e. The SMILES string of the molecule is C1=CNCC2CCCC(CC1)C2. The molecule has 0 aromatic carbocycles. The van der Waals surface area contributed by atoms with Gasteiger partial charge in [-0.3, -0.25) is 0 Å². The van der Waals surface area contributed by atoms with E-state index in [2.05, 4.69) is 17.6 Å². The molecule has 2 bridgehead atoms. The van der Waals surface area contributed by atoms with Crippen molar-refractivity contribution in [1.29, 1.82) is 0 Å². The molecule has 1 heteroatoms. The van der Waals surface area contributed by atoms with E-state index in [1.54, 1.807) is 0 Å². The van der Waals surface area contributed by atoms with E-state index in [9.17, 15) is 0 Å². The molecule has 2 aliphatic rings. The molecule has 1 saturated carbocycles. The van der Waals surface area contributed by atoms with Crippen LogP contribution in [0.5, 0.6) is 0 Å². The predicted molar refractivity (Wildman–Crippen MR) is 51.8 cm³/mol. The molecule has 0 aromatic heterocycles. The summed E-state index contributed by atoms with van der Waals surface area (Å²) >= 11 is 0. The second-order valence-electron chi connectivity index (χ2n) is 4.29. The highest BCUT2D eigenvalue weighted by atomic mass is 14.8. The lowest BCUT2D eigenvalue weighted by Crippen LogP contribution is -2.23. The van der Waals surface area contributed by atoms with Crippen molar-refractivity contribution < 1.29 is 0 Å². The first kappa shape index (κ1) is 8.15. The predicted octanol–water partition coefficient (Wildman–Crippen LogP) is 2.69. The Balaban J connectivity index is 1.94. The minimum Gasteiger partial charge on any atom is -0.391 e. The molecule has 0 radical (unpaired) electrons. The summed E-state index contributed by atoms with van der Waals surface area (Å²) in [6, 6.07) is 0. The highest BCUT2D eigenvalue weighted by molar-refractivity contribution is 4.86. The molecule has 0 saturated heterocycles. The molecule has 12 heavy (non-hydrogen) atoms. The first-order chi connectivity index (χ1) is 5.95. The summed E-state index contributed by atoms with van der Waals surface area (Å²) in [5.74, 6) is 2.00. The molecule has 1 aliphatic carbocycles. The normalized spacial score (nSPS) is 36.0. The summed E-state index contributed by atoms with van der Waals surface area (Å²) in [5, 5.41) is 3.40. The lowest BCUT2D eigenvalue weighted by molar-refractivity contribution is 0.257. The van der Waals surface area contributed by atoms with Crippen LogP contribution in [0.1, 0.15) is 38.5 Å². The van der Waals surface area contributed by atoms with Crippen LogP contribution in [0, 0.1) is 11.8 Å². The summed E-state index contributed by atoms with van der Waals surface area (Å²) in [5.41, 5.74) is 0. The van der Waals surface area contributed by atoms with Gasteiger partial charge in [-0.1, -0.05) is 18.9 Å². The molecule has 0 aromatic rings. The Hall–Kier alpha value is -0.460. The third-order valence-electron chi connectivity index (χ3n) is 3.28. The van der Waals surface area contributed by atoms with E-state index in [0.717, 1.165) is 11.8 Å². The molecule has 2 rings (SSSR count). The van der Waals surface area contributed by atoms with Crippen molar-refractivity contribution in [2.75, 3.05) is 6.54 Å². The van der Waals surface area contributed by atoms with Crippen LogP contribution >= 0.6 is 0 Å². The van der Waals surface area contributed by atoms with Gasteiger partial charge in [-0.05, 0) is 43.7 Å². The molecule has 68 valence electrons. The third-order valence-corrected chi connectivity index (χ3v) is 3.28. The third kappa shape index (κ3) is 2.02. The lowest BCUT2D eigenvalue weighted by atomic mass is 9.79. The van der Waals surface area contributed by atoms with E-state index < -0.39 is 0 Å². The van der Waals surface area contributed by atoms with E-state index >= 15 is 0 Å². The molecule has 1 aliphatic heterocycles. The average molecular weight is 165 g/mol. The Kier molecular flexibility index (Phi) is 2.70. The number of rotatable bonds is 0. The van der Waals surface area contributed by atoms with Gasteiger partial charge in [0.2, 0.25) is 0 Å². The highest BCUT2D eigenvalue weighted by Crippen LogP contribution is 2.32. The molecule has 1 N–H and O–H groups in total. The molecule has 0 amide bonds. The fraction of sp³-hybridized carbons (Fsp3) is 0.818. The molecular formula is C11H19N. The van der Waals surface area contributed by atoms with Gasteiger partial charge in [-0.15, -0.1) is 0 Å². The van der Waals surface area contributed by atoms with Crippen molar-refractivity contribution >= 4 is 0 Å². The topological polar surface area (TPSA) is 12.0 Å². The van der Waals surface area contributed by atoms with Gasteiger partial charge in [0.1, 0.15) is 0 Å². The van der Waals surface area contributed by atoms with Crippen LogP contribution in [0.4, 0.5) is 0 Å². The van der Waals surface area contributed by atoms with E-state index in [0.29, 0.717) is 0 Å². The van der Waals surface area contributed by atoms with Crippen molar-refractivity contribution in [2.24, 2.45) is 11.8 Å². The summed E-state index contributed by atoms with van der Waals surface area (Å²) < 4.78 is 0. The van der Waals surface area contributed by atoms with Crippen LogP contribution in [-0.4, -0.2) is 6.54 Å². The zero-order chi connectivity index (χ0) is 8.23. The van der Waals surface area contributed by atoms with E-state index in [4.69, 9.17) is 0 Å². The Labute approximate surface area is 75.2 Å². The Bertz CT molecular complexity index is 146. The fourth-order valence-electron chi connectivity index (χ4n) is 2.58. The molecular weight excluding hydrogens is 146 g/mol. The fourth-order valence-corrected chi connectivity index (χ4v) is 2.58. The molecule has 1 fully saturated rings. The minimum atomic E-state index is 0.964. The minimum absolute atomic E-state index is 0.964. The van der Waals surface area contributed by atoms with E-state index in [-0.39, 0.29) is 0 Å². The molecule has 2 atom stereocenters. The van der Waals surface area contributed by atoms with Crippen molar-refractivity contribution in [2.45, 2.75) is 38.5 Å². The number of hydrogen-bond acceptors (Lipinski definition) is 1. The maximum absolute atomic E-state index is 3.40. The van der Waals surface area contributed by atoms with Crippen LogP contribution in [0.25, 0.3) is 0 Å². The average Bonchev–Trinajstić information content (AvgIpc) is 2.17. The number of fused-ring (bicyclic) bond motifs is 2. The van der Waals surface area contributed by atoms with Crippen LogP contribution in [0.15, 0.2) is 12.3 Å². The zero-order valence-corrected chi connectivity index (χ0v) is 7.76. The summed E-state index contributed by atoms with van der Waals surface area (Å²) in [4.78, 5) is 0. The number of allylic oxidation sites excluding steroid dienone is 1. The Morgan fingerprint density at radius 1 is 1.08 bits per heavy atom. The molecule has 2 unspecified atom stereocenters. The van der Waals surface area contributed by atoms with E-state index in [1.165, 1.54) is 45.1 Å². The van der Waals surface area contributed by atoms with Crippen molar-refractivity contribution in [3.8, 4) is 0 Å². The van der Waals surface area contributed by atoms with Crippen LogP contribution in [-0.2, 0) is 0 Å². The van der Waals surface area contributed by atoms with Gasteiger partial charge in [0.15, 0.2) is 0 Å². The zero-order valence-electron chi connectivity index (χ0n) is 7.76. The van der Waals surface area contributed by atoms with Gasteiger partial charge in [-0.25, -0.2) is 0 Å². The summed E-state index contributed by atoms with van der Waals surface area (Å²) in [7, 11) is 0. The van der Waals surface area contributed by atoms with Gasteiger partial charge in [0, 0.05) is 6.54 Å².